The van der Waals surface area contributed by atoms with Gasteiger partial charge in [-0.3, -0.25) is 0 Å². The van der Waals surface area contributed by atoms with E-state index in [1.54, 1.807) is 0 Å². The lowest BCUT2D eigenvalue weighted by molar-refractivity contribution is -0.106. The van der Waals surface area contributed by atoms with E-state index in [-0.39, 0.29) is 5.60 Å². The van der Waals surface area contributed by atoms with Crippen molar-refractivity contribution in [2.45, 2.75) is 63.0 Å². The molecule has 0 bridgehead atoms. The molecule has 0 amide bonds. The summed E-state index contributed by atoms with van der Waals surface area (Å²) in [7, 11) is 0. The van der Waals surface area contributed by atoms with Crippen molar-refractivity contribution in [2.75, 3.05) is 18.1 Å². The second kappa shape index (κ2) is 5.72. The molecule has 2 aliphatic heterocycles. The van der Waals surface area contributed by atoms with Crippen molar-refractivity contribution in [2.24, 2.45) is 17.6 Å². The molecule has 18 heavy (non-hydrogen) atoms. The Bertz CT molecular complexity index is 268. The molecule has 1 saturated carbocycles. The maximum absolute atomic E-state index is 6.49. The first kappa shape index (κ1) is 13.3. The molecular weight excluding hydrogens is 242 g/mol. The summed E-state index contributed by atoms with van der Waals surface area (Å²) in [6.07, 6.45) is 10.5. The third-order valence-electron chi connectivity index (χ3n) is 5.37. The first-order chi connectivity index (χ1) is 8.77. The molecule has 1 aliphatic carbocycles. The first-order valence-corrected chi connectivity index (χ1v) is 8.90. The molecule has 2 saturated heterocycles. The topological polar surface area (TPSA) is 35.2 Å². The smallest absolute Gasteiger partial charge is 0.0701 e. The third kappa shape index (κ3) is 2.88. The minimum atomic E-state index is 0.214. The van der Waals surface area contributed by atoms with Crippen LogP contribution in [0.25, 0.3) is 0 Å². The minimum absolute atomic E-state index is 0.214. The summed E-state index contributed by atoms with van der Waals surface area (Å²) in [5.74, 6) is 4.23. The number of hydrogen-bond acceptors (Lipinski definition) is 3. The average molecular weight is 269 g/mol. The van der Waals surface area contributed by atoms with E-state index in [9.17, 15) is 0 Å². The van der Waals surface area contributed by atoms with Crippen molar-refractivity contribution in [1.29, 1.82) is 0 Å². The van der Waals surface area contributed by atoms with Gasteiger partial charge in [0, 0.05) is 12.6 Å². The van der Waals surface area contributed by atoms with Gasteiger partial charge in [-0.15, -0.1) is 0 Å². The zero-order valence-corrected chi connectivity index (χ0v) is 12.2. The van der Waals surface area contributed by atoms with Crippen molar-refractivity contribution in [3.63, 3.8) is 0 Å². The van der Waals surface area contributed by atoms with Crippen LogP contribution in [0.5, 0.6) is 0 Å². The summed E-state index contributed by atoms with van der Waals surface area (Å²) in [4.78, 5) is 0. The number of rotatable bonds is 3. The Morgan fingerprint density at radius 3 is 2.67 bits per heavy atom. The zero-order valence-electron chi connectivity index (χ0n) is 11.4. The minimum Gasteiger partial charge on any atom is -0.375 e. The molecular formula is C15H27NOS. The van der Waals surface area contributed by atoms with Crippen LogP contribution in [0.4, 0.5) is 0 Å². The molecule has 3 rings (SSSR count). The fourth-order valence-electron chi connectivity index (χ4n) is 3.83. The Balaban J connectivity index is 1.55. The van der Waals surface area contributed by atoms with Crippen LogP contribution in [0.3, 0.4) is 0 Å². The van der Waals surface area contributed by atoms with Gasteiger partial charge in [0.25, 0.3) is 0 Å². The average Bonchev–Trinajstić information content (AvgIpc) is 2.34. The van der Waals surface area contributed by atoms with Gasteiger partial charge in [-0.2, -0.15) is 11.8 Å². The van der Waals surface area contributed by atoms with Crippen LogP contribution < -0.4 is 5.73 Å². The van der Waals surface area contributed by atoms with E-state index >= 15 is 0 Å². The van der Waals surface area contributed by atoms with Gasteiger partial charge in [0.05, 0.1) is 5.60 Å². The fourth-order valence-corrected chi connectivity index (χ4v) is 5.07. The van der Waals surface area contributed by atoms with E-state index < -0.39 is 0 Å². The first-order valence-electron chi connectivity index (χ1n) is 7.75. The van der Waals surface area contributed by atoms with E-state index in [0.29, 0.717) is 6.04 Å². The van der Waals surface area contributed by atoms with Gasteiger partial charge in [0.15, 0.2) is 0 Å². The highest BCUT2D eigenvalue weighted by Gasteiger charge is 2.40. The summed E-state index contributed by atoms with van der Waals surface area (Å²) in [5, 5.41) is 0. The number of ether oxygens (including phenoxy) is 1. The van der Waals surface area contributed by atoms with Crippen LogP contribution in [0.1, 0.15) is 51.4 Å². The lowest BCUT2D eigenvalue weighted by atomic mass is 9.73. The van der Waals surface area contributed by atoms with Crippen LogP contribution in [-0.2, 0) is 4.74 Å². The molecule has 0 aromatic heterocycles. The molecule has 0 aromatic rings. The van der Waals surface area contributed by atoms with Crippen molar-refractivity contribution < 1.29 is 4.74 Å². The van der Waals surface area contributed by atoms with Gasteiger partial charge in [-0.1, -0.05) is 19.3 Å². The molecule has 2 unspecified atom stereocenters. The molecule has 2 N–H and O–H groups in total. The largest absolute Gasteiger partial charge is 0.375 e. The Morgan fingerprint density at radius 2 is 2.00 bits per heavy atom. The van der Waals surface area contributed by atoms with Gasteiger partial charge < -0.3 is 10.5 Å². The highest BCUT2D eigenvalue weighted by molar-refractivity contribution is 7.99. The predicted molar refractivity (Wildman–Crippen MR) is 77.9 cm³/mol. The van der Waals surface area contributed by atoms with E-state index in [2.05, 4.69) is 11.8 Å². The predicted octanol–water partition coefficient (Wildman–Crippen LogP) is 3.20. The summed E-state index contributed by atoms with van der Waals surface area (Å²) in [6, 6.07) is 0.436. The summed E-state index contributed by atoms with van der Waals surface area (Å²) in [6.45, 7) is 0.952. The van der Waals surface area contributed by atoms with Crippen molar-refractivity contribution in [3.8, 4) is 0 Å². The van der Waals surface area contributed by atoms with E-state index in [1.807, 2.05) is 0 Å². The molecule has 104 valence electrons. The Labute approximate surface area is 115 Å². The van der Waals surface area contributed by atoms with Crippen LogP contribution in [0, 0.1) is 11.8 Å². The standard InChI is InChI=1S/C15H27NOS/c16-14(10-12-2-1-3-12)13-4-7-17-15(11-13)5-8-18-9-6-15/h12-14H,1-11,16H2. The molecule has 0 aromatic carbocycles. The molecule has 2 nitrogen and oxygen atoms in total. The summed E-state index contributed by atoms with van der Waals surface area (Å²) >= 11 is 2.08. The number of thioether (sulfide) groups is 1. The Morgan fingerprint density at radius 1 is 1.22 bits per heavy atom. The Kier molecular flexibility index (Phi) is 4.21. The second-order valence-corrected chi connectivity index (χ2v) is 7.82. The molecule has 3 fully saturated rings. The summed E-state index contributed by atoms with van der Waals surface area (Å²) in [5.41, 5.74) is 6.70. The van der Waals surface area contributed by atoms with Crippen molar-refractivity contribution in [1.82, 2.24) is 0 Å². The quantitative estimate of drug-likeness (QED) is 0.854. The SMILES string of the molecule is NC(CC1CCC1)C1CCOC2(CCSCC2)C1. The van der Waals surface area contributed by atoms with Gasteiger partial charge in [0.1, 0.15) is 0 Å². The third-order valence-corrected chi connectivity index (χ3v) is 6.36. The fraction of sp³-hybridized carbons (Fsp3) is 1.00. The second-order valence-electron chi connectivity index (χ2n) is 6.59. The zero-order chi connectivity index (χ0) is 12.4. The lowest BCUT2D eigenvalue weighted by Gasteiger charge is -2.45. The van der Waals surface area contributed by atoms with E-state index in [0.717, 1.165) is 18.4 Å². The van der Waals surface area contributed by atoms with Crippen molar-refractivity contribution >= 4 is 11.8 Å². The Hall–Kier alpha value is 0.270. The van der Waals surface area contributed by atoms with Crippen LogP contribution in [-0.4, -0.2) is 29.8 Å². The van der Waals surface area contributed by atoms with Crippen LogP contribution in [0.15, 0.2) is 0 Å². The monoisotopic (exact) mass is 269 g/mol. The molecule has 3 heteroatoms. The van der Waals surface area contributed by atoms with E-state index in [1.165, 1.54) is 62.9 Å². The maximum Gasteiger partial charge on any atom is 0.0701 e. The number of nitrogens with two attached hydrogens (primary N) is 1. The molecule has 2 heterocycles. The molecule has 0 radical (unpaired) electrons. The molecule has 3 aliphatic rings. The maximum atomic E-state index is 6.49. The summed E-state index contributed by atoms with van der Waals surface area (Å²) < 4.78 is 6.16. The van der Waals surface area contributed by atoms with Crippen molar-refractivity contribution in [3.05, 3.63) is 0 Å². The van der Waals surface area contributed by atoms with Gasteiger partial charge in [0.2, 0.25) is 0 Å². The van der Waals surface area contributed by atoms with Gasteiger partial charge in [-0.05, 0) is 55.4 Å². The van der Waals surface area contributed by atoms with Crippen LogP contribution >= 0.6 is 11.8 Å². The van der Waals surface area contributed by atoms with Crippen LogP contribution in [0.2, 0.25) is 0 Å². The lowest BCUT2D eigenvalue weighted by Crippen LogP contribution is -2.47. The highest BCUT2D eigenvalue weighted by atomic mass is 32.2. The molecule has 2 atom stereocenters. The van der Waals surface area contributed by atoms with Gasteiger partial charge >= 0.3 is 0 Å². The van der Waals surface area contributed by atoms with E-state index in [4.69, 9.17) is 10.5 Å². The molecule has 1 spiro atoms. The normalized spacial score (nSPS) is 34.2. The number of hydrogen-bond donors (Lipinski definition) is 1. The van der Waals surface area contributed by atoms with Gasteiger partial charge in [-0.25, -0.2) is 0 Å². The highest BCUT2D eigenvalue weighted by Crippen LogP contribution is 2.42.